The summed E-state index contributed by atoms with van der Waals surface area (Å²) < 4.78 is 0. The number of nitrogens with one attached hydrogen (secondary N) is 1. The van der Waals surface area contributed by atoms with Crippen molar-refractivity contribution in [2.75, 3.05) is 0 Å². The van der Waals surface area contributed by atoms with E-state index in [-0.39, 0.29) is 18.0 Å². The van der Waals surface area contributed by atoms with Crippen molar-refractivity contribution in [1.82, 2.24) is 5.32 Å². The van der Waals surface area contributed by atoms with Crippen LogP contribution in [0.5, 0.6) is 0 Å². The fourth-order valence-electron chi connectivity index (χ4n) is 2.27. The number of rotatable bonds is 4. The second-order valence-electron chi connectivity index (χ2n) is 4.93. The van der Waals surface area contributed by atoms with Crippen LogP contribution in [-0.2, 0) is 4.79 Å². The topological polar surface area (TPSA) is 49.3 Å². The Bertz CT molecular complexity index is 399. The molecule has 0 radical (unpaired) electrons. The van der Waals surface area contributed by atoms with Gasteiger partial charge < -0.3 is 10.4 Å². The largest absolute Gasteiger partial charge is 0.481 e. The molecule has 1 fully saturated rings. The van der Waals surface area contributed by atoms with Gasteiger partial charge in [-0.15, -0.1) is 0 Å². The van der Waals surface area contributed by atoms with Gasteiger partial charge in [-0.2, -0.15) is 0 Å². The van der Waals surface area contributed by atoms with Crippen LogP contribution in [0.25, 0.3) is 0 Å². The molecule has 0 saturated heterocycles. The molecule has 3 atom stereocenters. The molecule has 1 saturated carbocycles. The van der Waals surface area contributed by atoms with Crippen molar-refractivity contribution >= 4 is 5.97 Å². The molecule has 1 aliphatic rings. The Balaban J connectivity index is 1.95. The van der Waals surface area contributed by atoms with Crippen LogP contribution < -0.4 is 5.32 Å². The molecule has 3 nitrogen and oxygen atoms in total. The van der Waals surface area contributed by atoms with Crippen LogP contribution in [0.2, 0.25) is 0 Å². The van der Waals surface area contributed by atoms with Gasteiger partial charge in [0.2, 0.25) is 0 Å². The number of carboxylic acids is 1. The summed E-state index contributed by atoms with van der Waals surface area (Å²) in [6.07, 6.45) is 1.76. The number of hydrogen-bond acceptors (Lipinski definition) is 2. The summed E-state index contributed by atoms with van der Waals surface area (Å²) in [5.41, 5.74) is 2.46. The third-order valence-corrected chi connectivity index (χ3v) is 3.63. The molecular weight excluding hydrogens is 214 g/mol. The molecular formula is C14H19NO2. The summed E-state index contributed by atoms with van der Waals surface area (Å²) >= 11 is 0. The fourth-order valence-corrected chi connectivity index (χ4v) is 2.27. The fraction of sp³-hybridized carbons (Fsp3) is 0.500. The minimum atomic E-state index is -0.676. The van der Waals surface area contributed by atoms with Crippen LogP contribution in [0.15, 0.2) is 24.3 Å². The average Bonchev–Trinajstić information content (AvgIpc) is 2.24. The Morgan fingerprint density at radius 1 is 1.35 bits per heavy atom. The lowest BCUT2D eigenvalue weighted by atomic mass is 9.79. The maximum Gasteiger partial charge on any atom is 0.308 e. The molecule has 3 heteroatoms. The lowest BCUT2D eigenvalue weighted by molar-refractivity contribution is -0.146. The van der Waals surface area contributed by atoms with E-state index in [2.05, 4.69) is 43.4 Å². The van der Waals surface area contributed by atoms with Crippen LogP contribution in [0.3, 0.4) is 0 Å². The number of carboxylic acid groups (broad SMARTS) is 1. The zero-order chi connectivity index (χ0) is 12.4. The highest BCUT2D eigenvalue weighted by Gasteiger charge is 2.36. The summed E-state index contributed by atoms with van der Waals surface area (Å²) in [6.45, 7) is 4.15. The molecule has 0 spiro atoms. The van der Waals surface area contributed by atoms with Crippen molar-refractivity contribution in [2.45, 2.75) is 38.8 Å². The van der Waals surface area contributed by atoms with Crippen LogP contribution in [-0.4, -0.2) is 17.1 Å². The van der Waals surface area contributed by atoms with Gasteiger partial charge in [0, 0.05) is 12.1 Å². The van der Waals surface area contributed by atoms with E-state index in [1.54, 1.807) is 0 Å². The van der Waals surface area contributed by atoms with Gasteiger partial charge in [0.05, 0.1) is 5.92 Å². The molecule has 17 heavy (non-hydrogen) atoms. The molecule has 1 aromatic rings. The maximum atomic E-state index is 10.9. The van der Waals surface area contributed by atoms with Crippen molar-refractivity contribution < 1.29 is 9.90 Å². The Kier molecular flexibility index (Phi) is 3.48. The van der Waals surface area contributed by atoms with E-state index in [9.17, 15) is 4.79 Å². The number of aliphatic carboxylic acids is 1. The number of benzene rings is 1. The predicted molar refractivity (Wildman–Crippen MR) is 66.9 cm³/mol. The van der Waals surface area contributed by atoms with Crippen LogP contribution >= 0.6 is 0 Å². The van der Waals surface area contributed by atoms with Gasteiger partial charge >= 0.3 is 5.97 Å². The third kappa shape index (κ3) is 2.67. The zero-order valence-corrected chi connectivity index (χ0v) is 10.3. The third-order valence-electron chi connectivity index (χ3n) is 3.63. The lowest BCUT2D eigenvalue weighted by Crippen LogP contribution is -2.48. The Hall–Kier alpha value is -1.35. The van der Waals surface area contributed by atoms with E-state index in [1.807, 2.05) is 0 Å². The number of aryl methyl sites for hydroxylation is 1. The summed E-state index contributed by atoms with van der Waals surface area (Å²) in [5.74, 6) is -0.882. The molecule has 0 aliphatic heterocycles. The van der Waals surface area contributed by atoms with Crippen LogP contribution in [0.1, 0.15) is 36.9 Å². The van der Waals surface area contributed by atoms with E-state index in [0.29, 0.717) is 0 Å². The molecule has 2 rings (SSSR count). The van der Waals surface area contributed by atoms with Crippen molar-refractivity contribution in [3.05, 3.63) is 35.4 Å². The van der Waals surface area contributed by atoms with Gasteiger partial charge in [-0.25, -0.2) is 0 Å². The Labute approximate surface area is 102 Å². The summed E-state index contributed by atoms with van der Waals surface area (Å²) in [4.78, 5) is 10.9. The maximum absolute atomic E-state index is 10.9. The highest BCUT2D eigenvalue weighted by molar-refractivity contribution is 5.72. The standard InChI is InChI=1S/C14H19NO2/c1-9-3-5-11(6-4-9)10(2)15-13-8-7-12(13)14(16)17/h3-6,10,12-13,15H,7-8H2,1-2H3,(H,16,17)/t10-,12?,13?/m0/s1. The summed E-state index contributed by atoms with van der Waals surface area (Å²) in [6, 6.07) is 8.71. The molecule has 1 aliphatic carbocycles. The van der Waals surface area contributed by atoms with Crippen molar-refractivity contribution in [1.29, 1.82) is 0 Å². The van der Waals surface area contributed by atoms with Gasteiger partial charge in [0.25, 0.3) is 0 Å². The highest BCUT2D eigenvalue weighted by Crippen LogP contribution is 2.29. The average molecular weight is 233 g/mol. The number of carbonyl (C=O) groups is 1. The summed E-state index contributed by atoms with van der Waals surface area (Å²) in [7, 11) is 0. The van der Waals surface area contributed by atoms with Crippen molar-refractivity contribution in [3.63, 3.8) is 0 Å². The Morgan fingerprint density at radius 3 is 2.47 bits per heavy atom. The first-order valence-electron chi connectivity index (χ1n) is 6.13. The van der Waals surface area contributed by atoms with E-state index in [1.165, 1.54) is 11.1 Å². The molecule has 1 aromatic carbocycles. The first-order chi connectivity index (χ1) is 8.08. The second kappa shape index (κ2) is 4.88. The minimum Gasteiger partial charge on any atom is -0.481 e. The van der Waals surface area contributed by atoms with Crippen molar-refractivity contribution in [3.8, 4) is 0 Å². The molecule has 92 valence electrons. The van der Waals surface area contributed by atoms with Gasteiger partial charge in [-0.3, -0.25) is 4.79 Å². The van der Waals surface area contributed by atoms with E-state index in [4.69, 9.17) is 5.11 Å². The lowest BCUT2D eigenvalue weighted by Gasteiger charge is -2.36. The van der Waals surface area contributed by atoms with E-state index in [0.717, 1.165) is 12.8 Å². The molecule has 2 unspecified atom stereocenters. The number of hydrogen-bond donors (Lipinski definition) is 2. The SMILES string of the molecule is Cc1ccc([C@H](C)NC2CCC2C(=O)O)cc1. The first-order valence-corrected chi connectivity index (χ1v) is 6.13. The van der Waals surface area contributed by atoms with E-state index < -0.39 is 5.97 Å². The molecule has 0 heterocycles. The zero-order valence-electron chi connectivity index (χ0n) is 10.3. The second-order valence-corrected chi connectivity index (χ2v) is 4.93. The van der Waals surface area contributed by atoms with Gasteiger partial charge in [0.15, 0.2) is 0 Å². The smallest absolute Gasteiger partial charge is 0.308 e. The highest BCUT2D eigenvalue weighted by atomic mass is 16.4. The Morgan fingerprint density at radius 2 is 2.00 bits per heavy atom. The molecule has 0 bridgehead atoms. The van der Waals surface area contributed by atoms with Crippen molar-refractivity contribution in [2.24, 2.45) is 5.92 Å². The summed E-state index contributed by atoms with van der Waals surface area (Å²) in [5, 5.41) is 12.4. The van der Waals surface area contributed by atoms with Gasteiger partial charge in [-0.1, -0.05) is 29.8 Å². The van der Waals surface area contributed by atoms with Crippen LogP contribution in [0, 0.1) is 12.8 Å². The first kappa shape index (κ1) is 12.1. The molecule has 2 N–H and O–H groups in total. The van der Waals surface area contributed by atoms with Gasteiger partial charge in [-0.05, 0) is 32.3 Å². The van der Waals surface area contributed by atoms with Gasteiger partial charge in [0.1, 0.15) is 0 Å². The van der Waals surface area contributed by atoms with E-state index >= 15 is 0 Å². The monoisotopic (exact) mass is 233 g/mol. The molecule has 0 amide bonds. The normalized spacial score (nSPS) is 25.1. The quantitative estimate of drug-likeness (QED) is 0.840. The molecule has 0 aromatic heterocycles. The predicted octanol–water partition coefficient (Wildman–Crippen LogP) is 2.51. The van der Waals surface area contributed by atoms with Crippen LogP contribution in [0.4, 0.5) is 0 Å². The minimum absolute atomic E-state index is 0.129.